The number of guanidine groups is 1. The van der Waals surface area contributed by atoms with E-state index in [2.05, 4.69) is 11.5 Å². The summed E-state index contributed by atoms with van der Waals surface area (Å²) in [6, 6.07) is 1.75. The maximum Gasteiger partial charge on any atom is 0.183 e. The van der Waals surface area contributed by atoms with Crippen molar-refractivity contribution in [2.24, 2.45) is 11.5 Å². The van der Waals surface area contributed by atoms with Gasteiger partial charge in [-0.25, -0.2) is 0 Å². The summed E-state index contributed by atoms with van der Waals surface area (Å²) in [5.74, 6) is -0.333. The molecule has 0 bridgehead atoms. The van der Waals surface area contributed by atoms with Crippen molar-refractivity contribution in [2.45, 2.75) is 6.92 Å². The van der Waals surface area contributed by atoms with Gasteiger partial charge in [0.2, 0.25) is 0 Å². The number of hydrogen-bond acceptors (Lipinski definition) is 2. The Bertz CT molecular complexity index is 75.4. The molecule has 0 saturated carbocycles. The first-order valence-corrected chi connectivity index (χ1v) is 1.55. The minimum atomic E-state index is -0.333. The highest BCUT2D eigenvalue weighted by Gasteiger charge is 1.52. The molecule has 7 heavy (non-hydrogen) atoms. The zero-order chi connectivity index (χ0) is 6.28. The molecule has 0 saturated heterocycles. The van der Waals surface area contributed by atoms with Crippen LogP contribution in [0.5, 0.6) is 0 Å². The summed E-state index contributed by atoms with van der Waals surface area (Å²) < 4.78 is 0. The number of nitriles is 1. The van der Waals surface area contributed by atoms with E-state index in [1.807, 2.05) is 0 Å². The number of nitrogens with one attached hydrogen (secondary N) is 1. The van der Waals surface area contributed by atoms with Crippen LogP contribution in [-0.4, -0.2) is 5.96 Å². The van der Waals surface area contributed by atoms with E-state index >= 15 is 0 Å². The monoisotopic (exact) mass is 100 g/mol. The molecule has 40 valence electrons. The second kappa shape index (κ2) is 8.83. The largest absolute Gasteiger partial charge is 0.370 e. The SMILES string of the molecule is CC#N.N=C(N)N. The fourth-order valence-corrected chi connectivity index (χ4v) is 0. The van der Waals surface area contributed by atoms with Gasteiger partial charge in [-0.05, 0) is 0 Å². The second-order valence-corrected chi connectivity index (χ2v) is 0.679. The molecule has 0 radical (unpaired) electrons. The highest BCUT2D eigenvalue weighted by Crippen LogP contribution is 1.21. The quantitative estimate of drug-likeness (QED) is 0.279. The molecule has 0 heterocycles. The molecule has 4 nitrogen and oxygen atoms in total. The van der Waals surface area contributed by atoms with E-state index < -0.39 is 0 Å². The molecule has 0 aromatic carbocycles. The van der Waals surface area contributed by atoms with Crippen molar-refractivity contribution < 1.29 is 0 Å². The van der Waals surface area contributed by atoms with Crippen molar-refractivity contribution in [1.29, 1.82) is 10.7 Å². The molecule has 0 aliphatic rings. The van der Waals surface area contributed by atoms with Gasteiger partial charge >= 0.3 is 0 Å². The molecule has 5 N–H and O–H groups in total. The summed E-state index contributed by atoms with van der Waals surface area (Å²) in [7, 11) is 0. The van der Waals surface area contributed by atoms with Crippen molar-refractivity contribution in [3.05, 3.63) is 0 Å². The van der Waals surface area contributed by atoms with Gasteiger partial charge in [0.25, 0.3) is 0 Å². The van der Waals surface area contributed by atoms with E-state index in [4.69, 9.17) is 10.7 Å². The normalized spacial score (nSPS) is 4.57. The highest BCUT2D eigenvalue weighted by atomic mass is 14.9. The zero-order valence-electron chi connectivity index (χ0n) is 4.10. The Morgan fingerprint density at radius 1 is 1.71 bits per heavy atom. The molecule has 0 amide bonds. The molecule has 0 fully saturated rings. The van der Waals surface area contributed by atoms with Crippen molar-refractivity contribution >= 4 is 5.96 Å². The summed E-state index contributed by atoms with van der Waals surface area (Å²) in [5, 5.41) is 13.4. The van der Waals surface area contributed by atoms with Crippen LogP contribution in [0, 0.1) is 16.7 Å². The number of rotatable bonds is 0. The molecular weight excluding hydrogens is 92.1 g/mol. The van der Waals surface area contributed by atoms with Crippen molar-refractivity contribution in [3.8, 4) is 6.07 Å². The molecule has 0 spiro atoms. The van der Waals surface area contributed by atoms with Crippen LogP contribution in [0.1, 0.15) is 6.92 Å². The first-order valence-electron chi connectivity index (χ1n) is 1.55. The number of hydrogen-bond donors (Lipinski definition) is 3. The molecule has 4 heteroatoms. The maximum atomic E-state index is 7.32. The highest BCUT2D eigenvalue weighted by molar-refractivity contribution is 5.71. The summed E-state index contributed by atoms with van der Waals surface area (Å²) in [5.41, 5.74) is 8.94. The van der Waals surface area contributed by atoms with Crippen molar-refractivity contribution in [2.75, 3.05) is 0 Å². The van der Waals surface area contributed by atoms with Crippen LogP contribution >= 0.6 is 0 Å². The Kier molecular flexibility index (Phi) is 11.7. The Labute approximate surface area is 42.2 Å². The Balaban J connectivity index is 0. The van der Waals surface area contributed by atoms with Crippen LogP contribution in [0.3, 0.4) is 0 Å². The number of nitrogens with zero attached hydrogens (tertiary/aromatic N) is 1. The van der Waals surface area contributed by atoms with Crippen molar-refractivity contribution in [3.63, 3.8) is 0 Å². The van der Waals surface area contributed by atoms with Crippen LogP contribution < -0.4 is 11.5 Å². The van der Waals surface area contributed by atoms with E-state index in [0.29, 0.717) is 0 Å². The third kappa shape index (κ3) is 23.6. The molecule has 0 aromatic rings. The van der Waals surface area contributed by atoms with Gasteiger partial charge in [-0.1, -0.05) is 0 Å². The number of nitrogens with two attached hydrogens (primary N) is 2. The van der Waals surface area contributed by atoms with Gasteiger partial charge in [0.05, 0.1) is 6.07 Å². The van der Waals surface area contributed by atoms with Crippen LogP contribution in [0.4, 0.5) is 0 Å². The van der Waals surface area contributed by atoms with Gasteiger partial charge in [-0.15, -0.1) is 0 Å². The van der Waals surface area contributed by atoms with Gasteiger partial charge in [0, 0.05) is 6.92 Å². The molecule has 0 aliphatic carbocycles. The predicted molar refractivity (Wildman–Crippen MR) is 27.4 cm³/mol. The van der Waals surface area contributed by atoms with E-state index in [-0.39, 0.29) is 5.96 Å². The minimum absolute atomic E-state index is 0.333. The van der Waals surface area contributed by atoms with Crippen LogP contribution in [-0.2, 0) is 0 Å². The third-order valence-corrected chi connectivity index (χ3v) is 0. The Morgan fingerprint density at radius 2 is 1.71 bits per heavy atom. The van der Waals surface area contributed by atoms with E-state index in [0.717, 1.165) is 0 Å². The molecule has 0 unspecified atom stereocenters. The van der Waals surface area contributed by atoms with Gasteiger partial charge in [0.1, 0.15) is 0 Å². The maximum absolute atomic E-state index is 7.32. The first kappa shape index (κ1) is 9.23. The Hall–Kier alpha value is -1.24. The topological polar surface area (TPSA) is 99.7 Å². The van der Waals surface area contributed by atoms with E-state index in [9.17, 15) is 0 Å². The average molecular weight is 100 g/mol. The lowest BCUT2D eigenvalue weighted by Crippen LogP contribution is -2.20. The van der Waals surface area contributed by atoms with E-state index in [1.54, 1.807) is 6.07 Å². The molecule has 0 atom stereocenters. The fourth-order valence-electron chi connectivity index (χ4n) is 0. The van der Waals surface area contributed by atoms with Crippen LogP contribution in [0.15, 0.2) is 0 Å². The van der Waals surface area contributed by atoms with Gasteiger partial charge in [-0.2, -0.15) is 5.26 Å². The smallest absolute Gasteiger partial charge is 0.183 e. The average Bonchev–Trinajstić information content (AvgIpc) is 1.33. The van der Waals surface area contributed by atoms with Crippen LogP contribution in [0.25, 0.3) is 0 Å². The van der Waals surface area contributed by atoms with Gasteiger partial charge in [-0.3, -0.25) is 5.41 Å². The third-order valence-electron chi connectivity index (χ3n) is 0. The molecular formula is C3H8N4. The summed E-state index contributed by atoms with van der Waals surface area (Å²) >= 11 is 0. The predicted octanol–water partition coefficient (Wildman–Crippen LogP) is -0.632. The lowest BCUT2D eigenvalue weighted by atomic mass is 11.0. The zero-order valence-corrected chi connectivity index (χ0v) is 4.10. The van der Waals surface area contributed by atoms with Gasteiger partial charge in [0.15, 0.2) is 5.96 Å². The summed E-state index contributed by atoms with van der Waals surface area (Å²) in [6.07, 6.45) is 0. The summed E-state index contributed by atoms with van der Waals surface area (Å²) in [4.78, 5) is 0. The fraction of sp³-hybridized carbons (Fsp3) is 0.333. The second-order valence-electron chi connectivity index (χ2n) is 0.679. The molecule has 0 aromatic heterocycles. The van der Waals surface area contributed by atoms with Crippen LogP contribution in [0.2, 0.25) is 0 Å². The first-order chi connectivity index (χ1) is 3.15. The lowest BCUT2D eigenvalue weighted by molar-refractivity contribution is 1.39. The summed E-state index contributed by atoms with van der Waals surface area (Å²) in [6.45, 7) is 1.43. The Morgan fingerprint density at radius 3 is 1.71 bits per heavy atom. The van der Waals surface area contributed by atoms with Gasteiger partial charge < -0.3 is 11.5 Å². The molecule has 0 aliphatic heterocycles. The van der Waals surface area contributed by atoms with E-state index in [1.165, 1.54) is 6.92 Å². The standard InChI is InChI=1S/C2H3N.CH5N3/c1-2-3;2-1(3)4/h1H3;(H5,2,3,4). The lowest BCUT2D eigenvalue weighted by Gasteiger charge is -1.69. The molecule has 0 rings (SSSR count). The minimum Gasteiger partial charge on any atom is -0.370 e. The van der Waals surface area contributed by atoms with Crippen molar-refractivity contribution in [1.82, 2.24) is 0 Å².